The van der Waals surface area contributed by atoms with Crippen molar-refractivity contribution in [3.63, 3.8) is 0 Å². The minimum absolute atomic E-state index is 0.238. The van der Waals surface area contributed by atoms with Crippen LogP contribution in [-0.2, 0) is 12.8 Å². The number of hydrogen-bond acceptors (Lipinski definition) is 2. The molecule has 0 spiro atoms. The number of hydrogen-bond donors (Lipinski definition) is 2. The van der Waals surface area contributed by atoms with E-state index in [4.69, 9.17) is 11.1 Å². The zero-order valence-corrected chi connectivity index (χ0v) is 11.1. The summed E-state index contributed by atoms with van der Waals surface area (Å²) >= 11 is 1.11. The molecule has 0 fully saturated rings. The van der Waals surface area contributed by atoms with Gasteiger partial charge in [-0.2, -0.15) is 13.2 Å². The molecule has 0 saturated heterocycles. The number of amidine groups is 1. The number of alkyl halides is 3. The van der Waals surface area contributed by atoms with Crippen LogP contribution in [0.3, 0.4) is 0 Å². The molecule has 1 aliphatic carbocycles. The smallest absolute Gasteiger partial charge is 0.387 e. The van der Waals surface area contributed by atoms with E-state index in [1.54, 1.807) is 0 Å². The number of benzene rings is 1. The van der Waals surface area contributed by atoms with Gasteiger partial charge >= 0.3 is 6.18 Å². The van der Waals surface area contributed by atoms with Gasteiger partial charge in [0, 0.05) is 10.6 Å². The van der Waals surface area contributed by atoms with Crippen molar-refractivity contribution in [2.75, 3.05) is 5.75 Å². The summed E-state index contributed by atoms with van der Waals surface area (Å²) in [6, 6.07) is 5.80. The Morgan fingerprint density at radius 2 is 2.00 bits per heavy atom. The summed E-state index contributed by atoms with van der Waals surface area (Å²) in [5, 5.41) is 7.04. The number of thioether (sulfide) groups is 1. The van der Waals surface area contributed by atoms with E-state index in [0.717, 1.165) is 35.9 Å². The molecule has 3 N–H and O–H groups in total. The zero-order chi connectivity index (χ0) is 14.0. The highest BCUT2D eigenvalue weighted by atomic mass is 32.2. The first kappa shape index (κ1) is 14.2. The molecular formula is C13H15F3N2S. The van der Waals surface area contributed by atoms with Crippen LogP contribution >= 0.6 is 11.8 Å². The highest BCUT2D eigenvalue weighted by Crippen LogP contribution is 2.33. The SMILES string of the molecule is N=C(N)C(CSc1ccc2c(c1)CCC2)C(F)(F)F. The van der Waals surface area contributed by atoms with Gasteiger partial charge in [0.1, 0.15) is 11.8 Å². The van der Waals surface area contributed by atoms with Crippen LogP contribution in [0.1, 0.15) is 17.5 Å². The van der Waals surface area contributed by atoms with Crippen LogP contribution < -0.4 is 5.73 Å². The molecule has 104 valence electrons. The fraction of sp³-hybridized carbons (Fsp3) is 0.462. The summed E-state index contributed by atoms with van der Waals surface area (Å²) in [7, 11) is 0. The second-order valence-electron chi connectivity index (χ2n) is 4.64. The van der Waals surface area contributed by atoms with E-state index >= 15 is 0 Å². The minimum Gasteiger partial charge on any atom is -0.387 e. The third-order valence-electron chi connectivity index (χ3n) is 3.26. The predicted octanol–water partition coefficient (Wildman–Crippen LogP) is 3.38. The van der Waals surface area contributed by atoms with Crippen molar-refractivity contribution in [1.82, 2.24) is 0 Å². The highest BCUT2D eigenvalue weighted by molar-refractivity contribution is 7.99. The van der Waals surface area contributed by atoms with E-state index in [0.29, 0.717) is 0 Å². The third kappa shape index (κ3) is 3.43. The number of rotatable bonds is 4. The van der Waals surface area contributed by atoms with E-state index in [-0.39, 0.29) is 5.75 Å². The Morgan fingerprint density at radius 3 is 2.63 bits per heavy atom. The highest BCUT2D eigenvalue weighted by Gasteiger charge is 2.41. The number of aryl methyl sites for hydroxylation is 2. The van der Waals surface area contributed by atoms with Crippen molar-refractivity contribution in [3.8, 4) is 0 Å². The van der Waals surface area contributed by atoms with Crippen molar-refractivity contribution in [2.24, 2.45) is 11.7 Å². The van der Waals surface area contributed by atoms with E-state index in [9.17, 15) is 13.2 Å². The topological polar surface area (TPSA) is 49.9 Å². The Labute approximate surface area is 114 Å². The van der Waals surface area contributed by atoms with Gasteiger partial charge in [-0.05, 0) is 42.5 Å². The number of nitrogens with two attached hydrogens (primary N) is 1. The van der Waals surface area contributed by atoms with Crippen LogP contribution in [-0.4, -0.2) is 17.8 Å². The number of nitrogens with one attached hydrogen (secondary N) is 1. The molecule has 6 heteroatoms. The normalized spacial score (nSPS) is 16.2. The summed E-state index contributed by atoms with van der Waals surface area (Å²) in [4.78, 5) is 0.816. The van der Waals surface area contributed by atoms with Gasteiger partial charge in [-0.3, -0.25) is 5.41 Å². The summed E-state index contributed by atoms with van der Waals surface area (Å²) < 4.78 is 38.0. The first-order chi connectivity index (χ1) is 8.88. The molecule has 1 aliphatic rings. The molecule has 0 bridgehead atoms. The van der Waals surface area contributed by atoms with Gasteiger partial charge in [-0.15, -0.1) is 11.8 Å². The summed E-state index contributed by atoms with van der Waals surface area (Å²) in [6.07, 6.45) is -1.28. The van der Waals surface area contributed by atoms with Gasteiger partial charge in [-0.1, -0.05) is 6.07 Å². The van der Waals surface area contributed by atoms with Crippen molar-refractivity contribution < 1.29 is 13.2 Å². The quantitative estimate of drug-likeness (QED) is 0.507. The molecular weight excluding hydrogens is 273 g/mol. The van der Waals surface area contributed by atoms with E-state index < -0.39 is 17.9 Å². The molecule has 0 aliphatic heterocycles. The first-order valence-electron chi connectivity index (χ1n) is 6.03. The predicted molar refractivity (Wildman–Crippen MR) is 70.7 cm³/mol. The number of halogens is 3. The summed E-state index contributed by atoms with van der Waals surface area (Å²) in [6.45, 7) is 0. The Balaban J connectivity index is 2.03. The maximum atomic E-state index is 12.7. The van der Waals surface area contributed by atoms with Gasteiger partial charge in [0.05, 0.1) is 0 Å². The molecule has 1 atom stereocenters. The maximum absolute atomic E-state index is 12.7. The fourth-order valence-electron chi connectivity index (χ4n) is 2.18. The van der Waals surface area contributed by atoms with Gasteiger partial charge in [0.25, 0.3) is 0 Å². The van der Waals surface area contributed by atoms with E-state index in [1.165, 1.54) is 11.1 Å². The maximum Gasteiger partial charge on any atom is 0.399 e. The second-order valence-corrected chi connectivity index (χ2v) is 5.74. The molecule has 1 aromatic carbocycles. The molecule has 0 aromatic heterocycles. The van der Waals surface area contributed by atoms with Crippen molar-refractivity contribution >= 4 is 17.6 Å². The van der Waals surface area contributed by atoms with Crippen LogP contribution in [0.5, 0.6) is 0 Å². The summed E-state index contributed by atoms with van der Waals surface area (Å²) in [5.41, 5.74) is 7.55. The molecule has 0 radical (unpaired) electrons. The average molecular weight is 288 g/mol. The minimum atomic E-state index is -4.45. The van der Waals surface area contributed by atoms with Crippen LogP contribution in [0.25, 0.3) is 0 Å². The van der Waals surface area contributed by atoms with Gasteiger partial charge in [0.2, 0.25) is 0 Å². The standard InChI is InChI=1S/C13H15F3N2S/c14-13(15,16)11(12(17)18)7-19-10-5-4-8-2-1-3-9(8)6-10/h4-6,11H,1-3,7H2,(H3,17,18). The molecule has 2 rings (SSSR count). The van der Waals surface area contributed by atoms with Crippen molar-refractivity contribution in [3.05, 3.63) is 29.3 Å². The zero-order valence-electron chi connectivity index (χ0n) is 10.3. The first-order valence-corrected chi connectivity index (χ1v) is 7.01. The Bertz CT molecular complexity index is 485. The van der Waals surface area contributed by atoms with Crippen molar-refractivity contribution in [2.45, 2.75) is 30.3 Å². The molecule has 2 nitrogen and oxygen atoms in total. The van der Waals surface area contributed by atoms with Crippen LogP contribution in [0.2, 0.25) is 0 Å². The lowest BCUT2D eigenvalue weighted by Crippen LogP contribution is -2.36. The summed E-state index contributed by atoms with van der Waals surface area (Å²) in [5.74, 6) is -2.93. The molecule has 0 amide bonds. The molecule has 0 saturated carbocycles. The van der Waals surface area contributed by atoms with E-state index in [2.05, 4.69) is 0 Å². The Morgan fingerprint density at radius 1 is 1.32 bits per heavy atom. The molecule has 19 heavy (non-hydrogen) atoms. The molecule has 1 aromatic rings. The van der Waals surface area contributed by atoms with Crippen LogP contribution in [0.4, 0.5) is 13.2 Å². The fourth-order valence-corrected chi connectivity index (χ4v) is 3.30. The second kappa shape index (κ2) is 5.45. The van der Waals surface area contributed by atoms with Gasteiger partial charge in [0.15, 0.2) is 0 Å². The largest absolute Gasteiger partial charge is 0.399 e. The van der Waals surface area contributed by atoms with Crippen LogP contribution in [0, 0.1) is 11.3 Å². The Hall–Kier alpha value is -1.17. The van der Waals surface area contributed by atoms with Crippen LogP contribution in [0.15, 0.2) is 23.1 Å². The van der Waals surface area contributed by atoms with Crippen molar-refractivity contribution in [1.29, 1.82) is 5.41 Å². The monoisotopic (exact) mass is 288 g/mol. The lowest BCUT2D eigenvalue weighted by atomic mass is 10.1. The molecule has 1 unspecified atom stereocenters. The third-order valence-corrected chi connectivity index (χ3v) is 4.34. The van der Waals surface area contributed by atoms with Gasteiger partial charge < -0.3 is 5.73 Å². The van der Waals surface area contributed by atoms with Gasteiger partial charge in [-0.25, -0.2) is 0 Å². The molecule has 0 heterocycles. The Kier molecular flexibility index (Phi) is 4.08. The van der Waals surface area contributed by atoms with E-state index in [1.807, 2.05) is 18.2 Å². The lowest BCUT2D eigenvalue weighted by Gasteiger charge is -2.18. The average Bonchev–Trinajstić information content (AvgIpc) is 2.73. The number of fused-ring (bicyclic) bond motifs is 1. The lowest BCUT2D eigenvalue weighted by molar-refractivity contribution is -0.149.